The Bertz CT molecular complexity index is 127. The van der Waals surface area contributed by atoms with E-state index in [9.17, 15) is 4.79 Å². The zero-order chi connectivity index (χ0) is 9.40. The Morgan fingerprint density at radius 2 is 2.25 bits per heavy atom. The third-order valence-corrected chi connectivity index (χ3v) is 1.66. The number of hydrogen-bond donors (Lipinski definition) is 1. The van der Waals surface area contributed by atoms with Crippen molar-refractivity contribution in [2.24, 2.45) is 0 Å². The van der Waals surface area contributed by atoms with Gasteiger partial charge in [0, 0.05) is 13.2 Å². The molecule has 0 fully saturated rings. The largest absolute Gasteiger partial charge is 0.468 e. The van der Waals surface area contributed by atoms with Crippen LogP contribution in [0.15, 0.2) is 0 Å². The molecule has 0 saturated heterocycles. The molecule has 0 saturated carbocycles. The first kappa shape index (κ1) is 11.4. The van der Waals surface area contributed by atoms with E-state index >= 15 is 0 Å². The number of carbonyl (C=O) groups is 1. The van der Waals surface area contributed by atoms with E-state index in [0.717, 1.165) is 13.1 Å². The standard InChI is InChI=1S/C8H17NO3/c1-3-9(5-4-6-10)7-8(11)12-2/h10H,3-7H2,1-2H3. The molecule has 0 amide bonds. The lowest BCUT2D eigenvalue weighted by molar-refractivity contribution is -0.141. The van der Waals surface area contributed by atoms with Gasteiger partial charge in [-0.3, -0.25) is 9.69 Å². The number of likely N-dealkylation sites (N-methyl/N-ethyl adjacent to an activating group) is 1. The molecule has 0 rings (SSSR count). The highest BCUT2D eigenvalue weighted by molar-refractivity contribution is 5.71. The Morgan fingerprint density at radius 1 is 1.58 bits per heavy atom. The predicted molar refractivity (Wildman–Crippen MR) is 45.8 cm³/mol. The highest BCUT2D eigenvalue weighted by Gasteiger charge is 2.07. The number of ether oxygens (including phenoxy) is 1. The molecule has 0 aliphatic heterocycles. The number of carbonyl (C=O) groups excluding carboxylic acids is 1. The number of aliphatic hydroxyl groups is 1. The highest BCUT2D eigenvalue weighted by Crippen LogP contribution is 1.91. The minimum atomic E-state index is -0.227. The fraction of sp³-hybridized carbons (Fsp3) is 0.875. The predicted octanol–water partition coefficient (Wildman–Crippen LogP) is -0.136. The van der Waals surface area contributed by atoms with E-state index in [1.54, 1.807) is 0 Å². The van der Waals surface area contributed by atoms with E-state index in [4.69, 9.17) is 5.11 Å². The van der Waals surface area contributed by atoms with Crippen LogP contribution < -0.4 is 0 Å². The first-order chi connectivity index (χ1) is 5.74. The molecule has 0 spiro atoms. The van der Waals surface area contributed by atoms with Gasteiger partial charge in [0.1, 0.15) is 0 Å². The van der Waals surface area contributed by atoms with Crippen molar-refractivity contribution in [2.75, 3.05) is 33.4 Å². The Hall–Kier alpha value is -0.610. The first-order valence-corrected chi connectivity index (χ1v) is 4.14. The summed E-state index contributed by atoms with van der Waals surface area (Å²) in [6.07, 6.45) is 0.699. The molecule has 72 valence electrons. The fourth-order valence-electron chi connectivity index (χ4n) is 0.890. The third-order valence-electron chi connectivity index (χ3n) is 1.66. The van der Waals surface area contributed by atoms with Gasteiger partial charge in [-0.1, -0.05) is 6.92 Å². The molecular weight excluding hydrogens is 158 g/mol. The van der Waals surface area contributed by atoms with E-state index in [0.29, 0.717) is 13.0 Å². The summed E-state index contributed by atoms with van der Waals surface area (Å²) < 4.78 is 4.52. The Morgan fingerprint density at radius 3 is 2.67 bits per heavy atom. The number of nitrogens with zero attached hydrogens (tertiary/aromatic N) is 1. The molecule has 0 aliphatic carbocycles. The number of aliphatic hydroxyl groups excluding tert-OH is 1. The smallest absolute Gasteiger partial charge is 0.319 e. The molecule has 0 unspecified atom stereocenters. The molecule has 4 nitrogen and oxygen atoms in total. The second kappa shape index (κ2) is 7.06. The van der Waals surface area contributed by atoms with Crippen molar-refractivity contribution in [1.82, 2.24) is 4.90 Å². The number of rotatable bonds is 6. The Kier molecular flexibility index (Phi) is 6.70. The van der Waals surface area contributed by atoms with Crippen molar-refractivity contribution < 1.29 is 14.6 Å². The lowest BCUT2D eigenvalue weighted by Crippen LogP contribution is -2.31. The number of methoxy groups -OCH3 is 1. The van der Waals surface area contributed by atoms with Crippen LogP contribution in [-0.2, 0) is 9.53 Å². The van der Waals surface area contributed by atoms with Gasteiger partial charge in [-0.2, -0.15) is 0 Å². The molecule has 4 heteroatoms. The van der Waals surface area contributed by atoms with E-state index in [1.165, 1.54) is 7.11 Å². The van der Waals surface area contributed by atoms with E-state index in [-0.39, 0.29) is 12.6 Å². The lowest BCUT2D eigenvalue weighted by Gasteiger charge is -2.17. The average molecular weight is 175 g/mol. The summed E-state index contributed by atoms with van der Waals surface area (Å²) in [7, 11) is 1.38. The monoisotopic (exact) mass is 175 g/mol. The van der Waals surface area contributed by atoms with Crippen molar-refractivity contribution in [3.63, 3.8) is 0 Å². The van der Waals surface area contributed by atoms with Crippen molar-refractivity contribution >= 4 is 5.97 Å². The summed E-state index contributed by atoms with van der Waals surface area (Å²) in [6.45, 7) is 3.99. The lowest BCUT2D eigenvalue weighted by atomic mass is 10.4. The van der Waals surface area contributed by atoms with E-state index in [2.05, 4.69) is 4.74 Å². The molecule has 0 aromatic carbocycles. The van der Waals surface area contributed by atoms with Gasteiger partial charge in [-0.25, -0.2) is 0 Å². The molecule has 0 aromatic rings. The zero-order valence-electron chi connectivity index (χ0n) is 7.75. The maximum atomic E-state index is 10.8. The van der Waals surface area contributed by atoms with Gasteiger partial charge in [0.05, 0.1) is 13.7 Å². The van der Waals surface area contributed by atoms with Crippen LogP contribution in [0.2, 0.25) is 0 Å². The zero-order valence-corrected chi connectivity index (χ0v) is 7.75. The summed E-state index contributed by atoms with van der Waals surface area (Å²) >= 11 is 0. The quantitative estimate of drug-likeness (QED) is 0.571. The molecule has 0 aliphatic rings. The molecule has 0 aromatic heterocycles. The van der Waals surface area contributed by atoms with Crippen LogP contribution >= 0.6 is 0 Å². The molecule has 0 heterocycles. The molecule has 12 heavy (non-hydrogen) atoms. The van der Waals surface area contributed by atoms with Crippen LogP contribution in [-0.4, -0.2) is 49.3 Å². The van der Waals surface area contributed by atoms with Crippen LogP contribution in [0.5, 0.6) is 0 Å². The SMILES string of the molecule is CCN(CCCO)CC(=O)OC. The van der Waals surface area contributed by atoms with Crippen LogP contribution in [0.3, 0.4) is 0 Å². The Labute approximate surface area is 73.1 Å². The van der Waals surface area contributed by atoms with Crippen LogP contribution in [0.1, 0.15) is 13.3 Å². The Balaban J connectivity index is 3.59. The molecular formula is C8H17NO3. The minimum absolute atomic E-state index is 0.164. The second-order valence-corrected chi connectivity index (χ2v) is 2.52. The van der Waals surface area contributed by atoms with Gasteiger partial charge < -0.3 is 9.84 Å². The van der Waals surface area contributed by atoms with E-state index in [1.807, 2.05) is 11.8 Å². The van der Waals surface area contributed by atoms with Crippen molar-refractivity contribution in [1.29, 1.82) is 0 Å². The van der Waals surface area contributed by atoms with Crippen LogP contribution in [0.4, 0.5) is 0 Å². The summed E-state index contributed by atoms with van der Waals surface area (Å²) in [4.78, 5) is 12.8. The summed E-state index contributed by atoms with van der Waals surface area (Å²) in [5.74, 6) is -0.227. The minimum Gasteiger partial charge on any atom is -0.468 e. The third kappa shape index (κ3) is 5.09. The number of esters is 1. The van der Waals surface area contributed by atoms with Crippen molar-refractivity contribution in [3.8, 4) is 0 Å². The highest BCUT2D eigenvalue weighted by atomic mass is 16.5. The second-order valence-electron chi connectivity index (χ2n) is 2.52. The average Bonchev–Trinajstić information content (AvgIpc) is 2.11. The molecule has 1 N–H and O–H groups in total. The van der Waals surface area contributed by atoms with Gasteiger partial charge in [0.15, 0.2) is 0 Å². The molecule has 0 radical (unpaired) electrons. The van der Waals surface area contributed by atoms with Crippen LogP contribution in [0.25, 0.3) is 0 Å². The fourth-order valence-corrected chi connectivity index (χ4v) is 0.890. The van der Waals surface area contributed by atoms with Gasteiger partial charge in [0.25, 0.3) is 0 Å². The number of hydrogen-bond acceptors (Lipinski definition) is 4. The molecule has 0 bridgehead atoms. The first-order valence-electron chi connectivity index (χ1n) is 4.14. The summed E-state index contributed by atoms with van der Waals surface area (Å²) in [6, 6.07) is 0. The summed E-state index contributed by atoms with van der Waals surface area (Å²) in [5, 5.41) is 8.56. The summed E-state index contributed by atoms with van der Waals surface area (Å²) in [5.41, 5.74) is 0. The van der Waals surface area contributed by atoms with Crippen molar-refractivity contribution in [3.05, 3.63) is 0 Å². The van der Waals surface area contributed by atoms with Gasteiger partial charge in [0.2, 0.25) is 0 Å². The normalized spacial score (nSPS) is 10.3. The topological polar surface area (TPSA) is 49.8 Å². The van der Waals surface area contributed by atoms with Gasteiger partial charge in [-0.15, -0.1) is 0 Å². The van der Waals surface area contributed by atoms with Crippen LogP contribution in [0, 0.1) is 0 Å². The maximum Gasteiger partial charge on any atom is 0.319 e. The van der Waals surface area contributed by atoms with Crippen molar-refractivity contribution in [2.45, 2.75) is 13.3 Å². The maximum absolute atomic E-state index is 10.8. The van der Waals surface area contributed by atoms with Gasteiger partial charge in [-0.05, 0) is 13.0 Å². The van der Waals surface area contributed by atoms with E-state index < -0.39 is 0 Å². The van der Waals surface area contributed by atoms with Gasteiger partial charge >= 0.3 is 5.97 Å². The molecule has 0 atom stereocenters.